The van der Waals surface area contributed by atoms with Gasteiger partial charge in [0.05, 0.1) is 13.2 Å². The van der Waals surface area contributed by atoms with Crippen LogP contribution in [-0.2, 0) is 19.1 Å². The van der Waals surface area contributed by atoms with Gasteiger partial charge in [-0.1, -0.05) is 28.1 Å². The van der Waals surface area contributed by atoms with Crippen LogP contribution in [0.15, 0.2) is 40.1 Å². The topological polar surface area (TPSA) is 52.6 Å². The van der Waals surface area contributed by atoms with Crippen LogP contribution < -0.4 is 0 Å². The summed E-state index contributed by atoms with van der Waals surface area (Å²) in [5, 5.41) is 0. The Bertz CT molecular complexity index is 633. The van der Waals surface area contributed by atoms with Crippen molar-refractivity contribution >= 4 is 27.7 Å². The first-order valence-corrected chi connectivity index (χ1v) is 8.25. The van der Waals surface area contributed by atoms with Crippen LogP contribution in [0.3, 0.4) is 0 Å². The molecule has 0 bridgehead atoms. The van der Waals surface area contributed by atoms with E-state index in [1.165, 1.54) is 0 Å². The molecule has 0 amide bonds. The summed E-state index contributed by atoms with van der Waals surface area (Å²) in [5.41, 5.74) is 1.89. The SMILES string of the molecule is CCOC(=O)C1C(=O)C2=C(CCCO2)C1c1ccc(Br)cc1. The second-order valence-electron chi connectivity index (χ2n) is 5.43. The van der Waals surface area contributed by atoms with E-state index in [0.29, 0.717) is 12.4 Å². The van der Waals surface area contributed by atoms with Crippen LogP contribution in [0.4, 0.5) is 0 Å². The highest BCUT2D eigenvalue weighted by Gasteiger charge is 2.49. The van der Waals surface area contributed by atoms with Gasteiger partial charge in [0.15, 0.2) is 5.76 Å². The minimum Gasteiger partial charge on any atom is -0.490 e. The molecule has 0 aromatic heterocycles. The van der Waals surface area contributed by atoms with Gasteiger partial charge in [-0.15, -0.1) is 0 Å². The molecule has 2 atom stereocenters. The van der Waals surface area contributed by atoms with E-state index in [2.05, 4.69) is 15.9 Å². The normalized spacial score (nSPS) is 24.0. The molecule has 22 heavy (non-hydrogen) atoms. The lowest BCUT2D eigenvalue weighted by atomic mass is 9.83. The highest BCUT2D eigenvalue weighted by Crippen LogP contribution is 2.46. The molecule has 0 spiro atoms. The number of hydrogen-bond acceptors (Lipinski definition) is 4. The quantitative estimate of drug-likeness (QED) is 0.609. The first kappa shape index (κ1) is 15.3. The number of ketones is 1. The monoisotopic (exact) mass is 364 g/mol. The lowest BCUT2D eigenvalue weighted by molar-refractivity contribution is -0.151. The standard InChI is InChI=1S/C17H17BrO4/c1-2-21-17(20)14-13(10-5-7-11(18)8-6-10)12-4-3-9-22-16(12)15(14)19/h5-8,13-14H,2-4,9H2,1H3. The fourth-order valence-corrected chi connectivity index (χ4v) is 3.47. The van der Waals surface area contributed by atoms with Crippen molar-refractivity contribution in [3.63, 3.8) is 0 Å². The average Bonchev–Trinajstić information content (AvgIpc) is 2.82. The van der Waals surface area contributed by atoms with E-state index >= 15 is 0 Å². The zero-order valence-corrected chi connectivity index (χ0v) is 13.9. The number of halogens is 1. The van der Waals surface area contributed by atoms with E-state index in [1.54, 1.807) is 6.92 Å². The Morgan fingerprint density at radius 2 is 2.09 bits per heavy atom. The van der Waals surface area contributed by atoms with Crippen LogP contribution in [-0.4, -0.2) is 25.0 Å². The van der Waals surface area contributed by atoms with Gasteiger partial charge in [0.2, 0.25) is 5.78 Å². The Morgan fingerprint density at radius 3 is 2.77 bits per heavy atom. The van der Waals surface area contributed by atoms with Crippen LogP contribution in [0.25, 0.3) is 0 Å². The molecule has 0 radical (unpaired) electrons. The van der Waals surface area contributed by atoms with E-state index in [-0.39, 0.29) is 18.3 Å². The number of carbonyl (C=O) groups is 2. The van der Waals surface area contributed by atoms with Gasteiger partial charge < -0.3 is 9.47 Å². The number of Topliss-reactive ketones (excluding diaryl/α,β-unsaturated/α-hetero) is 1. The zero-order valence-electron chi connectivity index (χ0n) is 12.3. The maximum Gasteiger partial charge on any atom is 0.317 e. The van der Waals surface area contributed by atoms with Crippen LogP contribution in [0.2, 0.25) is 0 Å². The van der Waals surface area contributed by atoms with E-state index < -0.39 is 11.9 Å². The lowest BCUT2D eigenvalue weighted by Gasteiger charge is -2.22. The number of ether oxygens (including phenoxy) is 2. The van der Waals surface area contributed by atoms with Crippen molar-refractivity contribution < 1.29 is 19.1 Å². The number of carbonyl (C=O) groups excluding carboxylic acids is 2. The van der Waals surface area contributed by atoms with Crippen LogP contribution >= 0.6 is 15.9 Å². The van der Waals surface area contributed by atoms with Crippen LogP contribution in [0, 0.1) is 5.92 Å². The van der Waals surface area contributed by atoms with Gasteiger partial charge in [-0.3, -0.25) is 9.59 Å². The Morgan fingerprint density at radius 1 is 1.36 bits per heavy atom. The van der Waals surface area contributed by atoms with Crippen molar-refractivity contribution in [2.75, 3.05) is 13.2 Å². The molecule has 1 heterocycles. The Labute approximate surface area is 137 Å². The summed E-state index contributed by atoms with van der Waals surface area (Å²) in [5.74, 6) is -1.39. The van der Waals surface area contributed by atoms with E-state index in [0.717, 1.165) is 28.5 Å². The van der Waals surface area contributed by atoms with Crippen molar-refractivity contribution in [2.24, 2.45) is 5.92 Å². The van der Waals surface area contributed by atoms with Gasteiger partial charge >= 0.3 is 5.97 Å². The molecule has 2 aliphatic rings. The summed E-state index contributed by atoms with van der Waals surface area (Å²) in [6.07, 6.45) is 1.66. The maximum atomic E-state index is 12.6. The fourth-order valence-electron chi connectivity index (χ4n) is 3.20. The third-order valence-electron chi connectivity index (χ3n) is 4.11. The summed E-state index contributed by atoms with van der Waals surface area (Å²) in [6, 6.07) is 7.73. The molecule has 1 aromatic carbocycles. The van der Waals surface area contributed by atoms with E-state index in [4.69, 9.17) is 9.47 Å². The number of allylic oxidation sites excluding steroid dienone is 2. The summed E-state index contributed by atoms with van der Waals surface area (Å²) in [7, 11) is 0. The number of benzene rings is 1. The maximum absolute atomic E-state index is 12.6. The number of rotatable bonds is 3. The summed E-state index contributed by atoms with van der Waals surface area (Å²) >= 11 is 3.41. The van der Waals surface area contributed by atoms with Gasteiger partial charge in [-0.05, 0) is 43.0 Å². The van der Waals surface area contributed by atoms with Crippen molar-refractivity contribution in [3.05, 3.63) is 45.6 Å². The second kappa shape index (κ2) is 6.24. The van der Waals surface area contributed by atoms with Gasteiger partial charge in [0.1, 0.15) is 5.92 Å². The first-order chi connectivity index (χ1) is 10.6. The molecule has 3 rings (SSSR count). The molecular formula is C17H17BrO4. The zero-order chi connectivity index (χ0) is 15.7. The predicted molar refractivity (Wildman–Crippen MR) is 84.2 cm³/mol. The lowest BCUT2D eigenvalue weighted by Crippen LogP contribution is -2.28. The summed E-state index contributed by atoms with van der Waals surface area (Å²) < 4.78 is 11.6. The van der Waals surface area contributed by atoms with Crippen LogP contribution in [0.1, 0.15) is 31.2 Å². The molecular weight excluding hydrogens is 348 g/mol. The molecule has 2 unspecified atom stereocenters. The molecule has 116 valence electrons. The highest BCUT2D eigenvalue weighted by atomic mass is 79.9. The molecule has 0 saturated heterocycles. The van der Waals surface area contributed by atoms with Gasteiger partial charge in [-0.25, -0.2) is 0 Å². The summed E-state index contributed by atoms with van der Waals surface area (Å²) in [4.78, 5) is 24.9. The molecule has 5 heteroatoms. The number of hydrogen-bond donors (Lipinski definition) is 0. The molecule has 1 aromatic rings. The molecule has 4 nitrogen and oxygen atoms in total. The van der Waals surface area contributed by atoms with Crippen molar-refractivity contribution in [3.8, 4) is 0 Å². The van der Waals surface area contributed by atoms with Crippen molar-refractivity contribution in [1.82, 2.24) is 0 Å². The predicted octanol–water partition coefficient (Wildman–Crippen LogP) is 3.36. The second-order valence-corrected chi connectivity index (χ2v) is 6.35. The Balaban J connectivity index is 2.03. The summed E-state index contributed by atoms with van der Waals surface area (Å²) in [6.45, 7) is 2.55. The Hall–Kier alpha value is -1.62. The molecule has 0 fully saturated rings. The van der Waals surface area contributed by atoms with E-state index in [9.17, 15) is 9.59 Å². The van der Waals surface area contributed by atoms with Gasteiger partial charge in [0.25, 0.3) is 0 Å². The molecule has 1 aliphatic heterocycles. The fraction of sp³-hybridized carbons (Fsp3) is 0.412. The molecule has 1 aliphatic carbocycles. The van der Waals surface area contributed by atoms with Crippen LogP contribution in [0.5, 0.6) is 0 Å². The van der Waals surface area contributed by atoms with Gasteiger partial charge in [0, 0.05) is 10.4 Å². The third-order valence-corrected chi connectivity index (χ3v) is 4.64. The first-order valence-electron chi connectivity index (χ1n) is 7.45. The third kappa shape index (κ3) is 2.58. The Kier molecular flexibility index (Phi) is 4.34. The van der Waals surface area contributed by atoms with Gasteiger partial charge in [-0.2, -0.15) is 0 Å². The number of esters is 1. The largest absolute Gasteiger partial charge is 0.490 e. The minimum absolute atomic E-state index is 0.235. The molecule has 0 N–H and O–H groups in total. The minimum atomic E-state index is -0.816. The average molecular weight is 365 g/mol. The van der Waals surface area contributed by atoms with Crippen molar-refractivity contribution in [1.29, 1.82) is 0 Å². The molecule has 0 saturated carbocycles. The van der Waals surface area contributed by atoms with Crippen molar-refractivity contribution in [2.45, 2.75) is 25.7 Å². The smallest absolute Gasteiger partial charge is 0.317 e. The van der Waals surface area contributed by atoms with E-state index in [1.807, 2.05) is 24.3 Å². The highest BCUT2D eigenvalue weighted by molar-refractivity contribution is 9.10.